The molecule has 1 atom stereocenters. The second-order valence-corrected chi connectivity index (χ2v) is 46.8. The maximum absolute atomic E-state index is 9.56. The monoisotopic (exact) mass is 1880 g/mol. The van der Waals surface area contributed by atoms with E-state index in [4.69, 9.17) is 1.37 Å². The van der Waals surface area contributed by atoms with Gasteiger partial charge in [0.15, 0.2) is 0 Å². The smallest absolute Gasteiger partial charge is 0.0530 e. The van der Waals surface area contributed by atoms with E-state index in [0.29, 0.717) is 0 Å². The van der Waals surface area contributed by atoms with Crippen molar-refractivity contribution in [1.29, 1.82) is 0 Å². The van der Waals surface area contributed by atoms with Gasteiger partial charge in [-0.2, -0.15) is 0 Å². The van der Waals surface area contributed by atoms with Crippen molar-refractivity contribution in [2.75, 3.05) is 19.6 Å². The molecule has 730 valence electrons. The summed E-state index contributed by atoms with van der Waals surface area (Å²) in [5, 5.41) is 0. The quantitative estimate of drug-likeness (QED) is 0.0901. The molecule has 0 bridgehead atoms. The fraction of sp³-hybridized carbons (Fsp3) is 0.309. The molecule has 0 N–H and O–H groups in total. The van der Waals surface area contributed by atoms with Crippen LogP contribution in [0.5, 0.6) is 0 Å². The summed E-state index contributed by atoms with van der Waals surface area (Å²) in [7, 11) is 0. The standard InChI is InChI=1S/2C37H43N.C33H35N.C32H33N/c2*1-24(2)27-19-15-20-28(26-16-11-10-12-17-26)35(27)38(36(5,6)7)32-23-22-30-29-18-13-14-21-31(29)37(8,9)34(30)33(32)25(3)4;1-7-26-30(22-21-28-27-15-11-12-16-29(27)33(5,6)31(26)28)34(32(2,3)4)25-19-17-24(18-20-25)23-13-9-8-10-14-23;1-22-29(21-20-27-26-14-10-11-15-28(26)32(5,6)30(22)27)33(31(2,3)4)25-18-16-24(17-19-25)23-12-8-7-9-13-23/h2*10-25H,1-9H3;8-22H,7H2,1-6H3;7-21H,1-6H3/i2*24D,25D;7D;. The lowest BCUT2D eigenvalue weighted by atomic mass is 9.77. The van der Waals surface area contributed by atoms with Gasteiger partial charge < -0.3 is 19.6 Å². The van der Waals surface area contributed by atoms with E-state index in [-0.39, 0.29) is 50.2 Å². The Hall–Kier alpha value is -13.3. The van der Waals surface area contributed by atoms with Crippen molar-refractivity contribution < 1.29 is 6.85 Å². The number of rotatable bonds is 17. The minimum absolute atomic E-state index is 0.00720. The van der Waals surface area contributed by atoms with Crippen LogP contribution in [0.3, 0.4) is 0 Å². The van der Waals surface area contributed by atoms with E-state index in [2.05, 4.69) is 505 Å². The van der Waals surface area contributed by atoms with Gasteiger partial charge in [0.2, 0.25) is 0 Å². The molecule has 0 saturated carbocycles. The predicted molar refractivity (Wildman–Crippen MR) is 622 cm³/mol. The first-order valence-electron chi connectivity index (χ1n) is 54.4. The van der Waals surface area contributed by atoms with Gasteiger partial charge in [-0.05, 0) is 324 Å². The molecule has 4 heteroatoms. The van der Waals surface area contributed by atoms with E-state index in [1.807, 2.05) is 74.4 Å². The number of para-hydroxylation sites is 2. The average Bonchev–Trinajstić information content (AvgIpc) is 1.55. The van der Waals surface area contributed by atoms with Gasteiger partial charge in [-0.15, -0.1) is 0 Å². The highest BCUT2D eigenvalue weighted by atomic mass is 15.2. The Morgan fingerprint density at radius 3 is 0.797 bits per heavy atom. The number of hydrogen-bond donors (Lipinski definition) is 0. The van der Waals surface area contributed by atoms with Crippen LogP contribution >= 0.6 is 0 Å². The van der Waals surface area contributed by atoms with Crippen molar-refractivity contribution in [3.63, 3.8) is 0 Å². The molecule has 143 heavy (non-hydrogen) atoms. The molecule has 16 aromatic carbocycles. The van der Waals surface area contributed by atoms with Crippen molar-refractivity contribution >= 4 is 45.5 Å². The lowest BCUT2D eigenvalue weighted by molar-refractivity contribution is 0.553. The molecule has 0 amide bonds. The molecule has 4 aliphatic carbocycles. The highest BCUT2D eigenvalue weighted by Crippen LogP contribution is 2.61. The van der Waals surface area contributed by atoms with Crippen LogP contribution in [0.25, 0.3) is 89.0 Å². The van der Waals surface area contributed by atoms with Crippen LogP contribution < -0.4 is 19.6 Å². The van der Waals surface area contributed by atoms with Crippen LogP contribution in [-0.2, 0) is 28.1 Å². The molecular weight excluding hydrogens is 1730 g/mol. The molecule has 0 radical (unpaired) electrons. The van der Waals surface area contributed by atoms with E-state index in [0.717, 1.165) is 84.2 Å². The normalized spacial score (nSPS) is 15.0. The Morgan fingerprint density at radius 2 is 0.490 bits per heavy atom. The Kier molecular flexibility index (Phi) is 25.9. The topological polar surface area (TPSA) is 13.0 Å². The fourth-order valence-corrected chi connectivity index (χ4v) is 24.2. The SMILES string of the molecule is Cc1c(N(c2ccc(-c3ccccc3)cc2)C(C)(C)C)ccc2c1C(C)(C)c1ccccc1-2.[2H]C(C)(C)c1cccc(-c2ccccc2)c1N(c1ccc2c(c1C([2H])(C)C)C(C)(C)c1ccccc1-2)C(C)(C)C.[2H]C(C)(C)c1cccc(-c2ccccc2)c1N(c1ccc2c(c1C([2H])(C)C)C(C)(C)c1ccccc1-2)C(C)(C)C.[2H]C(C)c1c(N(c2ccc(-c3ccccc3)cc2)C(C)(C)C)ccc2c1C(C)(C)c1ccccc1-2. The molecule has 20 rings (SSSR count). The van der Waals surface area contributed by atoms with Crippen LogP contribution in [0.1, 0.15) is 309 Å². The van der Waals surface area contributed by atoms with Gasteiger partial charge in [-0.1, -0.05) is 421 Å². The molecule has 4 nitrogen and oxygen atoms in total. The van der Waals surface area contributed by atoms with Crippen LogP contribution in [0.2, 0.25) is 0 Å². The van der Waals surface area contributed by atoms with E-state index < -0.39 is 23.6 Å². The summed E-state index contributed by atoms with van der Waals surface area (Å²) < 4.78 is 46.5. The van der Waals surface area contributed by atoms with Gasteiger partial charge >= 0.3 is 0 Å². The Morgan fingerprint density at radius 1 is 0.238 bits per heavy atom. The van der Waals surface area contributed by atoms with Crippen LogP contribution in [0.4, 0.5) is 45.5 Å². The lowest BCUT2D eigenvalue weighted by Gasteiger charge is -2.43. The minimum atomic E-state index is -0.859. The zero-order chi connectivity index (χ0) is 107. The highest BCUT2D eigenvalue weighted by Gasteiger charge is 2.46. The van der Waals surface area contributed by atoms with Gasteiger partial charge in [0.25, 0.3) is 0 Å². The van der Waals surface area contributed by atoms with E-state index >= 15 is 0 Å². The number of nitrogens with zero attached hydrogens (tertiary/aromatic N) is 4. The third kappa shape index (κ3) is 18.7. The molecule has 16 aromatic rings. The summed E-state index contributed by atoms with van der Waals surface area (Å²) in [6.45, 7) is 65.9. The number of hydrogen-bond acceptors (Lipinski definition) is 4. The third-order valence-corrected chi connectivity index (χ3v) is 30.3. The van der Waals surface area contributed by atoms with E-state index in [1.54, 1.807) is 0 Å². The second-order valence-electron chi connectivity index (χ2n) is 46.8. The molecular formula is C139H154N4. The maximum atomic E-state index is 9.56. The molecule has 0 saturated heterocycles. The van der Waals surface area contributed by atoms with Crippen LogP contribution in [0, 0.1) is 6.92 Å². The number of benzene rings is 16. The predicted octanol–water partition coefficient (Wildman–Crippen LogP) is 39.8. The Labute approximate surface area is 866 Å². The van der Waals surface area contributed by atoms with Gasteiger partial charge in [-0.25, -0.2) is 0 Å². The summed E-state index contributed by atoms with van der Waals surface area (Å²) in [5.41, 5.74) is 44.3. The van der Waals surface area contributed by atoms with Crippen molar-refractivity contribution in [3.8, 4) is 89.0 Å². The summed E-state index contributed by atoms with van der Waals surface area (Å²) >= 11 is 0. The summed E-state index contributed by atoms with van der Waals surface area (Å²) in [6, 6.07) is 126. The summed E-state index contributed by atoms with van der Waals surface area (Å²) in [4.78, 5) is 9.76. The van der Waals surface area contributed by atoms with Crippen LogP contribution in [0.15, 0.2) is 352 Å². The first-order valence-corrected chi connectivity index (χ1v) is 51.8. The van der Waals surface area contributed by atoms with Gasteiger partial charge in [0.1, 0.15) is 0 Å². The average molecular weight is 1890 g/mol. The second kappa shape index (κ2) is 39.1. The third-order valence-electron chi connectivity index (χ3n) is 30.3. The Balaban J connectivity index is 0.000000135. The molecule has 0 heterocycles. The molecule has 1 unspecified atom stereocenters. The minimum Gasteiger partial charge on any atom is -0.336 e. The lowest BCUT2D eigenvalue weighted by Crippen LogP contribution is -2.39. The van der Waals surface area contributed by atoms with Crippen molar-refractivity contribution in [3.05, 3.63) is 430 Å². The van der Waals surface area contributed by atoms with E-state index in [1.165, 1.54) is 128 Å². The molecule has 0 spiro atoms. The van der Waals surface area contributed by atoms with Crippen LogP contribution in [-0.4, -0.2) is 22.2 Å². The molecule has 0 aliphatic heterocycles. The van der Waals surface area contributed by atoms with Gasteiger partial charge in [0, 0.05) is 95.9 Å². The largest absolute Gasteiger partial charge is 0.336 e. The van der Waals surface area contributed by atoms with E-state index in [9.17, 15) is 5.48 Å². The summed E-state index contributed by atoms with van der Waals surface area (Å²) in [6.07, 6.45) is -0.345. The first kappa shape index (κ1) is 94.6. The van der Waals surface area contributed by atoms with Gasteiger partial charge in [-0.3, -0.25) is 0 Å². The van der Waals surface area contributed by atoms with Gasteiger partial charge in [0.05, 0.1) is 11.4 Å². The number of fused-ring (bicyclic) bond motifs is 12. The molecule has 4 aliphatic rings. The van der Waals surface area contributed by atoms with Crippen molar-refractivity contribution in [2.24, 2.45) is 0 Å². The number of anilines is 8. The van der Waals surface area contributed by atoms with Crippen molar-refractivity contribution in [1.82, 2.24) is 0 Å². The highest BCUT2D eigenvalue weighted by molar-refractivity contribution is 5.95. The maximum Gasteiger partial charge on any atom is 0.0530 e. The summed E-state index contributed by atoms with van der Waals surface area (Å²) in [5.74, 6) is -3.37. The molecule has 0 fully saturated rings. The zero-order valence-corrected chi connectivity index (χ0v) is 90.9. The fourth-order valence-electron chi connectivity index (χ4n) is 24.2. The zero-order valence-electron chi connectivity index (χ0n) is 95.9. The Bertz CT molecular complexity index is 7360. The first-order chi connectivity index (χ1) is 69.4. The molecule has 0 aromatic heterocycles. The van der Waals surface area contributed by atoms with Crippen molar-refractivity contribution in [2.45, 2.75) is 282 Å².